The molecule has 1 N–H and O–H groups in total. The van der Waals surface area contributed by atoms with E-state index < -0.39 is 17.6 Å². The van der Waals surface area contributed by atoms with Crippen LogP contribution < -0.4 is 4.74 Å². The number of rotatable bonds is 3. The van der Waals surface area contributed by atoms with Crippen LogP contribution in [0.3, 0.4) is 0 Å². The van der Waals surface area contributed by atoms with E-state index >= 15 is 0 Å². The summed E-state index contributed by atoms with van der Waals surface area (Å²) in [7, 11) is 1.38. The van der Waals surface area contributed by atoms with Gasteiger partial charge in [0.15, 0.2) is 0 Å². The lowest BCUT2D eigenvalue weighted by atomic mass is 9.98. The van der Waals surface area contributed by atoms with Gasteiger partial charge in [0.05, 0.1) is 22.7 Å². The van der Waals surface area contributed by atoms with Crippen LogP contribution in [-0.2, 0) is 0 Å². The largest absolute Gasteiger partial charge is 0.497 e. The Hall–Kier alpha value is -1.95. The molecule has 2 aromatic carbocycles. The minimum atomic E-state index is -1.29. The first kappa shape index (κ1) is 14.5. The van der Waals surface area contributed by atoms with Crippen LogP contribution in [0.4, 0.5) is 8.78 Å². The fourth-order valence-corrected chi connectivity index (χ4v) is 2.15. The van der Waals surface area contributed by atoms with Gasteiger partial charge < -0.3 is 9.84 Å². The highest BCUT2D eigenvalue weighted by molar-refractivity contribution is 9.10. The van der Waals surface area contributed by atoms with Crippen molar-refractivity contribution in [3.05, 3.63) is 52.0 Å². The van der Waals surface area contributed by atoms with E-state index in [0.29, 0.717) is 5.75 Å². The Morgan fingerprint density at radius 3 is 2.55 bits per heavy atom. The number of ether oxygens (including phenoxy) is 1. The second-order valence-corrected chi connectivity index (χ2v) is 4.79. The lowest BCUT2D eigenvalue weighted by Crippen LogP contribution is -2.03. The number of hydrogen-bond acceptors (Lipinski definition) is 2. The van der Waals surface area contributed by atoms with E-state index in [0.717, 1.165) is 6.07 Å². The van der Waals surface area contributed by atoms with Crippen LogP contribution >= 0.6 is 15.9 Å². The van der Waals surface area contributed by atoms with E-state index in [2.05, 4.69) is 15.9 Å². The predicted molar refractivity (Wildman–Crippen MR) is 73.0 cm³/mol. The third-order valence-corrected chi connectivity index (χ3v) is 3.38. The fourth-order valence-electron chi connectivity index (χ4n) is 1.82. The van der Waals surface area contributed by atoms with Crippen LogP contribution in [0, 0.1) is 11.6 Å². The minimum absolute atomic E-state index is 0.0467. The molecule has 0 aliphatic heterocycles. The predicted octanol–water partition coefficient (Wildman–Crippen LogP) is 4.10. The first-order chi connectivity index (χ1) is 9.45. The molecule has 0 heterocycles. The molecule has 0 amide bonds. The zero-order chi connectivity index (χ0) is 14.9. The summed E-state index contributed by atoms with van der Waals surface area (Å²) in [4.78, 5) is 11.3. The molecule has 2 aromatic rings. The van der Waals surface area contributed by atoms with Crippen molar-refractivity contribution in [2.24, 2.45) is 0 Å². The number of benzene rings is 2. The zero-order valence-electron chi connectivity index (χ0n) is 10.3. The Balaban J connectivity index is 2.76. The van der Waals surface area contributed by atoms with Gasteiger partial charge in [0.1, 0.15) is 17.4 Å². The van der Waals surface area contributed by atoms with E-state index in [1.807, 2.05) is 0 Å². The SMILES string of the molecule is COc1ccc(-c2c(F)ccc(Br)c2F)c(C(=O)O)c1. The Morgan fingerprint density at radius 1 is 1.25 bits per heavy atom. The molecule has 0 aromatic heterocycles. The zero-order valence-corrected chi connectivity index (χ0v) is 11.9. The van der Waals surface area contributed by atoms with Crippen LogP contribution in [0.15, 0.2) is 34.8 Å². The Kier molecular flexibility index (Phi) is 4.04. The quantitative estimate of drug-likeness (QED) is 0.854. The second kappa shape index (κ2) is 5.58. The Morgan fingerprint density at radius 2 is 1.95 bits per heavy atom. The monoisotopic (exact) mass is 342 g/mol. The molecule has 2 rings (SSSR count). The fraction of sp³-hybridized carbons (Fsp3) is 0.0714. The molecule has 0 atom stereocenters. The summed E-state index contributed by atoms with van der Waals surface area (Å²) in [5.41, 5.74) is -0.672. The summed E-state index contributed by atoms with van der Waals surface area (Å²) in [6.45, 7) is 0. The average molecular weight is 343 g/mol. The van der Waals surface area contributed by atoms with Crippen molar-refractivity contribution in [1.29, 1.82) is 0 Å². The highest BCUT2D eigenvalue weighted by atomic mass is 79.9. The van der Waals surface area contributed by atoms with Gasteiger partial charge in [0, 0.05) is 5.56 Å². The van der Waals surface area contributed by atoms with Gasteiger partial charge in [0.2, 0.25) is 0 Å². The molecule has 0 radical (unpaired) electrons. The van der Waals surface area contributed by atoms with Crippen LogP contribution in [-0.4, -0.2) is 18.2 Å². The number of carboxylic acid groups (broad SMARTS) is 1. The molecule has 20 heavy (non-hydrogen) atoms. The molecule has 0 spiro atoms. The van der Waals surface area contributed by atoms with Gasteiger partial charge in [0.25, 0.3) is 0 Å². The van der Waals surface area contributed by atoms with Gasteiger partial charge in [-0.25, -0.2) is 13.6 Å². The second-order valence-electron chi connectivity index (χ2n) is 3.93. The third-order valence-electron chi connectivity index (χ3n) is 2.77. The summed E-state index contributed by atoms with van der Waals surface area (Å²) in [5, 5.41) is 9.19. The molecule has 0 saturated carbocycles. The number of carboxylic acids is 1. The van der Waals surface area contributed by atoms with E-state index in [4.69, 9.17) is 4.74 Å². The molecule has 0 saturated heterocycles. The van der Waals surface area contributed by atoms with Crippen LogP contribution in [0.5, 0.6) is 5.75 Å². The van der Waals surface area contributed by atoms with Gasteiger partial charge in [-0.05, 0) is 46.3 Å². The number of carbonyl (C=O) groups is 1. The summed E-state index contributed by atoms with van der Waals surface area (Å²) < 4.78 is 32.9. The van der Waals surface area contributed by atoms with E-state index in [1.165, 1.54) is 31.4 Å². The Labute approximate surface area is 121 Å². The smallest absolute Gasteiger partial charge is 0.336 e. The first-order valence-corrected chi connectivity index (χ1v) is 6.30. The van der Waals surface area contributed by atoms with E-state index in [-0.39, 0.29) is 21.2 Å². The molecular weight excluding hydrogens is 334 g/mol. The third kappa shape index (κ3) is 2.51. The van der Waals surface area contributed by atoms with Gasteiger partial charge >= 0.3 is 5.97 Å². The molecule has 0 unspecified atom stereocenters. The highest BCUT2D eigenvalue weighted by Crippen LogP contribution is 2.34. The van der Waals surface area contributed by atoms with Gasteiger partial charge in [-0.3, -0.25) is 0 Å². The molecule has 3 nitrogen and oxygen atoms in total. The van der Waals surface area contributed by atoms with Gasteiger partial charge in [-0.2, -0.15) is 0 Å². The molecule has 6 heteroatoms. The summed E-state index contributed by atoms with van der Waals surface area (Å²) in [6, 6.07) is 6.27. The van der Waals surface area contributed by atoms with Crippen molar-refractivity contribution in [2.45, 2.75) is 0 Å². The van der Waals surface area contributed by atoms with Crippen LogP contribution in [0.1, 0.15) is 10.4 Å². The molecule has 0 fully saturated rings. The molecule has 0 aliphatic carbocycles. The van der Waals surface area contributed by atoms with Crippen molar-refractivity contribution < 1.29 is 23.4 Å². The Bertz CT molecular complexity index is 686. The maximum atomic E-state index is 14.1. The first-order valence-electron chi connectivity index (χ1n) is 5.51. The van der Waals surface area contributed by atoms with Crippen molar-refractivity contribution in [2.75, 3.05) is 7.11 Å². The molecule has 104 valence electrons. The lowest BCUT2D eigenvalue weighted by Gasteiger charge is -2.11. The van der Waals surface area contributed by atoms with Crippen molar-refractivity contribution in [3.63, 3.8) is 0 Å². The average Bonchev–Trinajstić information content (AvgIpc) is 2.43. The number of aromatic carboxylic acids is 1. The van der Waals surface area contributed by atoms with Crippen LogP contribution in [0.2, 0.25) is 0 Å². The van der Waals surface area contributed by atoms with Crippen LogP contribution in [0.25, 0.3) is 11.1 Å². The standard InChI is InChI=1S/C14H9BrF2O3/c1-20-7-2-3-8(9(6-7)14(18)19)12-11(16)5-4-10(15)13(12)17/h2-6H,1H3,(H,18,19). The maximum Gasteiger partial charge on any atom is 0.336 e. The van der Waals surface area contributed by atoms with Crippen molar-refractivity contribution >= 4 is 21.9 Å². The van der Waals surface area contributed by atoms with E-state index in [1.54, 1.807) is 0 Å². The summed E-state index contributed by atoms with van der Waals surface area (Å²) in [6.07, 6.45) is 0. The molecular formula is C14H9BrF2O3. The van der Waals surface area contributed by atoms with Crippen molar-refractivity contribution in [3.8, 4) is 16.9 Å². The number of halogens is 3. The summed E-state index contributed by atoms with van der Waals surface area (Å²) >= 11 is 2.95. The molecule has 0 aliphatic rings. The molecule has 0 bridgehead atoms. The number of methoxy groups -OCH3 is 1. The van der Waals surface area contributed by atoms with Gasteiger partial charge in [-0.1, -0.05) is 0 Å². The lowest BCUT2D eigenvalue weighted by molar-refractivity contribution is 0.0697. The maximum absolute atomic E-state index is 14.1. The van der Waals surface area contributed by atoms with Gasteiger partial charge in [-0.15, -0.1) is 0 Å². The highest BCUT2D eigenvalue weighted by Gasteiger charge is 2.20. The summed E-state index contributed by atoms with van der Waals surface area (Å²) in [5.74, 6) is -2.68. The van der Waals surface area contributed by atoms with E-state index in [9.17, 15) is 18.7 Å². The topological polar surface area (TPSA) is 46.5 Å². The minimum Gasteiger partial charge on any atom is -0.497 e. The normalized spacial score (nSPS) is 10.4. The number of hydrogen-bond donors (Lipinski definition) is 1. The van der Waals surface area contributed by atoms with Crippen molar-refractivity contribution in [1.82, 2.24) is 0 Å².